The summed E-state index contributed by atoms with van der Waals surface area (Å²) in [6.45, 7) is 1.51. The van der Waals surface area contributed by atoms with Crippen molar-refractivity contribution in [1.29, 1.82) is 0 Å². The molecule has 0 aliphatic carbocycles. The smallest absolute Gasteiger partial charge is 0.258 e. The lowest BCUT2D eigenvalue weighted by atomic mass is 10.4. The van der Waals surface area contributed by atoms with Gasteiger partial charge < -0.3 is 0 Å². The SMILES string of the molecule is Cc1nc(Cl)ncc1[N+](=O)[O-]. The van der Waals surface area contributed by atoms with Gasteiger partial charge >= 0.3 is 5.69 Å². The first-order valence-electron chi connectivity index (χ1n) is 2.75. The van der Waals surface area contributed by atoms with Crippen molar-refractivity contribution in [2.75, 3.05) is 0 Å². The van der Waals surface area contributed by atoms with E-state index in [1.165, 1.54) is 6.92 Å². The van der Waals surface area contributed by atoms with Gasteiger partial charge in [-0.1, -0.05) is 0 Å². The molecule has 6 heteroatoms. The maximum Gasteiger partial charge on any atom is 0.308 e. The third kappa shape index (κ3) is 1.62. The Labute approximate surface area is 67.2 Å². The van der Waals surface area contributed by atoms with Crippen LogP contribution in [0.2, 0.25) is 5.28 Å². The Morgan fingerprint density at radius 3 is 2.82 bits per heavy atom. The van der Waals surface area contributed by atoms with Gasteiger partial charge in [0, 0.05) is 0 Å². The van der Waals surface area contributed by atoms with Crippen LogP contribution in [-0.2, 0) is 0 Å². The predicted molar refractivity (Wildman–Crippen MR) is 38.4 cm³/mol. The summed E-state index contributed by atoms with van der Waals surface area (Å²) in [6.07, 6.45) is 1.09. The standard InChI is InChI=1S/C5H4ClN3O2/c1-3-4(9(10)11)2-7-5(6)8-3/h2H,1H3. The Morgan fingerprint density at radius 2 is 2.36 bits per heavy atom. The second-order valence-electron chi connectivity index (χ2n) is 1.87. The highest BCUT2D eigenvalue weighted by Gasteiger charge is 2.11. The third-order valence-corrected chi connectivity index (χ3v) is 1.30. The highest BCUT2D eigenvalue weighted by molar-refractivity contribution is 6.28. The first-order chi connectivity index (χ1) is 5.11. The lowest BCUT2D eigenvalue weighted by Gasteiger charge is -1.93. The minimum atomic E-state index is -0.550. The normalized spacial score (nSPS) is 9.64. The Kier molecular flexibility index (Phi) is 2.00. The van der Waals surface area contributed by atoms with E-state index in [-0.39, 0.29) is 16.7 Å². The molecule has 0 radical (unpaired) electrons. The fourth-order valence-corrected chi connectivity index (χ4v) is 0.787. The summed E-state index contributed by atoms with van der Waals surface area (Å²) < 4.78 is 0. The topological polar surface area (TPSA) is 68.9 Å². The summed E-state index contributed by atoms with van der Waals surface area (Å²) >= 11 is 5.38. The summed E-state index contributed by atoms with van der Waals surface area (Å²) in [7, 11) is 0. The van der Waals surface area contributed by atoms with E-state index in [2.05, 4.69) is 9.97 Å². The Hall–Kier alpha value is -1.23. The second-order valence-corrected chi connectivity index (χ2v) is 2.20. The molecular weight excluding hydrogens is 170 g/mol. The third-order valence-electron chi connectivity index (χ3n) is 1.12. The van der Waals surface area contributed by atoms with Crippen LogP contribution in [-0.4, -0.2) is 14.9 Å². The molecule has 1 aromatic rings. The van der Waals surface area contributed by atoms with Crippen molar-refractivity contribution in [3.8, 4) is 0 Å². The minimum absolute atomic E-state index is 0.0214. The maximum absolute atomic E-state index is 10.2. The number of hydrogen-bond donors (Lipinski definition) is 0. The summed E-state index contributed by atoms with van der Waals surface area (Å²) in [5.74, 6) is 0. The first-order valence-corrected chi connectivity index (χ1v) is 3.12. The number of rotatable bonds is 1. The van der Waals surface area contributed by atoms with E-state index in [0.717, 1.165) is 6.20 Å². The van der Waals surface area contributed by atoms with Crippen molar-refractivity contribution in [3.05, 3.63) is 27.3 Å². The molecule has 0 saturated carbocycles. The molecule has 0 aromatic carbocycles. The van der Waals surface area contributed by atoms with Crippen molar-refractivity contribution in [3.63, 3.8) is 0 Å². The van der Waals surface area contributed by atoms with E-state index < -0.39 is 4.92 Å². The molecule has 0 saturated heterocycles. The first kappa shape index (κ1) is 7.87. The molecule has 58 valence electrons. The monoisotopic (exact) mass is 173 g/mol. The van der Waals surface area contributed by atoms with Gasteiger partial charge in [-0.15, -0.1) is 0 Å². The summed E-state index contributed by atoms with van der Waals surface area (Å²) in [5.41, 5.74) is 0.157. The second kappa shape index (κ2) is 2.79. The average Bonchev–Trinajstić information content (AvgIpc) is 1.85. The van der Waals surface area contributed by atoms with Crippen molar-refractivity contribution in [2.24, 2.45) is 0 Å². The van der Waals surface area contributed by atoms with Crippen molar-refractivity contribution < 1.29 is 4.92 Å². The molecule has 0 fully saturated rings. The highest BCUT2D eigenvalue weighted by atomic mass is 35.5. The van der Waals surface area contributed by atoms with Crippen LogP contribution >= 0.6 is 11.6 Å². The fourth-order valence-electron chi connectivity index (χ4n) is 0.612. The number of nitro groups is 1. The molecular formula is C5H4ClN3O2. The van der Waals surface area contributed by atoms with Gasteiger partial charge in [-0.2, -0.15) is 0 Å². The molecule has 1 aromatic heterocycles. The summed E-state index contributed by atoms with van der Waals surface area (Å²) in [5, 5.41) is 10.2. The molecule has 0 spiro atoms. The molecule has 5 nitrogen and oxygen atoms in total. The molecule has 0 bridgehead atoms. The van der Waals surface area contributed by atoms with Crippen molar-refractivity contribution >= 4 is 17.3 Å². The predicted octanol–water partition coefficient (Wildman–Crippen LogP) is 1.35. The zero-order valence-electron chi connectivity index (χ0n) is 5.61. The molecule has 1 heterocycles. The van der Waals surface area contributed by atoms with Crippen LogP contribution in [0.25, 0.3) is 0 Å². The van der Waals surface area contributed by atoms with Gasteiger partial charge in [0.25, 0.3) is 0 Å². The van der Waals surface area contributed by atoms with Gasteiger partial charge in [0.2, 0.25) is 5.28 Å². The maximum atomic E-state index is 10.2. The quantitative estimate of drug-likeness (QED) is 0.365. The van der Waals surface area contributed by atoms with Crippen LogP contribution < -0.4 is 0 Å². The van der Waals surface area contributed by atoms with Crippen LogP contribution in [0.5, 0.6) is 0 Å². The summed E-state index contributed by atoms with van der Waals surface area (Å²) in [4.78, 5) is 16.7. The fraction of sp³-hybridized carbons (Fsp3) is 0.200. The van der Waals surface area contributed by atoms with Gasteiger partial charge in [-0.3, -0.25) is 10.1 Å². The number of halogens is 1. The van der Waals surface area contributed by atoms with Crippen LogP contribution in [0.4, 0.5) is 5.69 Å². The number of aryl methyl sites for hydroxylation is 1. The average molecular weight is 174 g/mol. The zero-order valence-corrected chi connectivity index (χ0v) is 6.37. The summed E-state index contributed by atoms with van der Waals surface area (Å²) in [6, 6.07) is 0. The van der Waals surface area contributed by atoms with Crippen molar-refractivity contribution in [1.82, 2.24) is 9.97 Å². The van der Waals surface area contributed by atoms with Gasteiger partial charge in [-0.25, -0.2) is 9.97 Å². The van der Waals surface area contributed by atoms with E-state index in [1.54, 1.807) is 0 Å². The van der Waals surface area contributed by atoms with Crippen LogP contribution in [0.3, 0.4) is 0 Å². The lowest BCUT2D eigenvalue weighted by molar-refractivity contribution is -0.386. The Balaban J connectivity index is 3.20. The molecule has 0 amide bonds. The van der Waals surface area contributed by atoms with Gasteiger partial charge in [-0.05, 0) is 18.5 Å². The molecule has 0 unspecified atom stereocenters. The Bertz CT molecular complexity index is 302. The molecule has 0 aliphatic rings. The largest absolute Gasteiger partial charge is 0.308 e. The molecule has 11 heavy (non-hydrogen) atoms. The lowest BCUT2D eigenvalue weighted by Crippen LogP contribution is -1.95. The number of nitrogens with zero attached hydrogens (tertiary/aromatic N) is 3. The number of aromatic nitrogens is 2. The molecule has 0 aliphatic heterocycles. The van der Waals surface area contributed by atoms with E-state index in [1.807, 2.05) is 0 Å². The van der Waals surface area contributed by atoms with Crippen LogP contribution in [0.1, 0.15) is 5.69 Å². The van der Waals surface area contributed by atoms with Gasteiger partial charge in [0.15, 0.2) is 0 Å². The van der Waals surface area contributed by atoms with Gasteiger partial charge in [0.1, 0.15) is 11.9 Å². The minimum Gasteiger partial charge on any atom is -0.258 e. The van der Waals surface area contributed by atoms with E-state index in [0.29, 0.717) is 0 Å². The van der Waals surface area contributed by atoms with E-state index >= 15 is 0 Å². The molecule has 1 rings (SSSR count). The van der Waals surface area contributed by atoms with E-state index in [4.69, 9.17) is 11.6 Å². The highest BCUT2D eigenvalue weighted by Crippen LogP contribution is 2.14. The Morgan fingerprint density at radius 1 is 1.73 bits per heavy atom. The van der Waals surface area contributed by atoms with Crippen LogP contribution in [0, 0.1) is 17.0 Å². The zero-order chi connectivity index (χ0) is 8.43. The molecule has 0 atom stereocenters. The van der Waals surface area contributed by atoms with Crippen LogP contribution in [0.15, 0.2) is 6.20 Å². The van der Waals surface area contributed by atoms with E-state index in [9.17, 15) is 10.1 Å². The van der Waals surface area contributed by atoms with Crippen molar-refractivity contribution in [2.45, 2.75) is 6.92 Å². The van der Waals surface area contributed by atoms with Gasteiger partial charge in [0.05, 0.1) is 4.92 Å². The number of hydrogen-bond acceptors (Lipinski definition) is 4. The molecule has 0 N–H and O–H groups in total.